The number of para-hydroxylation sites is 2. The van der Waals surface area contributed by atoms with Crippen molar-refractivity contribution in [2.45, 2.75) is 46.2 Å². The lowest BCUT2D eigenvalue weighted by Crippen LogP contribution is -2.24. The van der Waals surface area contributed by atoms with E-state index in [2.05, 4.69) is 24.0 Å². The van der Waals surface area contributed by atoms with Crippen LogP contribution in [0.4, 0.5) is 0 Å². The first-order valence-electron chi connectivity index (χ1n) is 7.74. The molecule has 0 amide bonds. The third-order valence-electron chi connectivity index (χ3n) is 3.65. The summed E-state index contributed by atoms with van der Waals surface area (Å²) >= 11 is 0. The molecular weight excluding hydrogens is 280 g/mol. The van der Waals surface area contributed by atoms with Crippen molar-refractivity contribution in [2.24, 2.45) is 0 Å². The van der Waals surface area contributed by atoms with E-state index in [-0.39, 0.29) is 5.69 Å². The van der Waals surface area contributed by atoms with Crippen molar-refractivity contribution in [1.29, 1.82) is 0 Å². The fourth-order valence-electron chi connectivity index (χ4n) is 2.68. The van der Waals surface area contributed by atoms with Gasteiger partial charge in [-0.3, -0.25) is 9.13 Å². The Bertz CT molecular complexity index is 828. The monoisotopic (exact) mass is 300 g/mol. The van der Waals surface area contributed by atoms with E-state index >= 15 is 0 Å². The summed E-state index contributed by atoms with van der Waals surface area (Å²) in [5.41, 5.74) is 1.82. The number of nitrogens with zero attached hydrogens (tertiary/aromatic N) is 4. The van der Waals surface area contributed by atoms with Gasteiger partial charge in [0, 0.05) is 13.0 Å². The standard InChI is InChI=1S/C16H20N4O2/c1-3-7-14-17-15(22-18-14)11-20-13-9-6-5-8-12(13)19(10-4-2)16(20)21/h5-6,8-9H,3-4,7,10-11H2,1-2H3. The predicted octanol–water partition coefficient (Wildman–Crippen LogP) is 2.60. The zero-order valence-corrected chi connectivity index (χ0v) is 13.0. The molecule has 3 aromatic rings. The van der Waals surface area contributed by atoms with Crippen LogP contribution >= 0.6 is 0 Å². The Labute approximate surface area is 128 Å². The maximum atomic E-state index is 12.7. The number of imidazole rings is 1. The molecule has 0 saturated carbocycles. The van der Waals surface area contributed by atoms with Crippen LogP contribution in [-0.4, -0.2) is 19.3 Å². The van der Waals surface area contributed by atoms with Crippen LogP contribution in [0.15, 0.2) is 33.6 Å². The molecule has 0 atom stereocenters. The quantitative estimate of drug-likeness (QED) is 0.702. The first-order chi connectivity index (χ1) is 10.7. The third-order valence-corrected chi connectivity index (χ3v) is 3.65. The Morgan fingerprint density at radius 2 is 1.82 bits per heavy atom. The summed E-state index contributed by atoms with van der Waals surface area (Å²) in [6.07, 6.45) is 2.67. The zero-order valence-electron chi connectivity index (χ0n) is 13.0. The van der Waals surface area contributed by atoms with E-state index in [0.717, 1.165) is 30.3 Å². The number of hydrogen-bond acceptors (Lipinski definition) is 4. The van der Waals surface area contributed by atoms with Crippen LogP contribution in [0, 0.1) is 0 Å². The number of aromatic nitrogens is 4. The molecule has 0 radical (unpaired) electrons. The highest BCUT2D eigenvalue weighted by atomic mass is 16.5. The van der Waals surface area contributed by atoms with Gasteiger partial charge in [-0.05, 0) is 25.0 Å². The molecule has 116 valence electrons. The first kappa shape index (κ1) is 14.6. The Hall–Kier alpha value is -2.37. The second kappa shape index (κ2) is 6.17. The third kappa shape index (κ3) is 2.56. The molecule has 2 aromatic heterocycles. The number of benzene rings is 1. The van der Waals surface area contributed by atoms with Gasteiger partial charge in [-0.1, -0.05) is 31.1 Å². The highest BCUT2D eigenvalue weighted by Crippen LogP contribution is 2.14. The summed E-state index contributed by atoms with van der Waals surface area (Å²) in [7, 11) is 0. The van der Waals surface area contributed by atoms with Gasteiger partial charge in [-0.15, -0.1) is 0 Å². The Morgan fingerprint density at radius 1 is 1.09 bits per heavy atom. The van der Waals surface area contributed by atoms with Gasteiger partial charge in [0.2, 0.25) is 5.89 Å². The first-order valence-corrected chi connectivity index (χ1v) is 7.74. The molecule has 0 saturated heterocycles. The molecule has 1 aromatic carbocycles. The minimum atomic E-state index is -0.0294. The van der Waals surface area contributed by atoms with Gasteiger partial charge in [-0.25, -0.2) is 4.79 Å². The summed E-state index contributed by atoms with van der Waals surface area (Å²) in [5.74, 6) is 1.17. The van der Waals surface area contributed by atoms with Crippen molar-refractivity contribution in [3.63, 3.8) is 0 Å². The Kier molecular flexibility index (Phi) is 4.09. The maximum absolute atomic E-state index is 12.7. The molecule has 6 nitrogen and oxygen atoms in total. The highest BCUT2D eigenvalue weighted by Gasteiger charge is 2.15. The second-order valence-electron chi connectivity index (χ2n) is 5.36. The maximum Gasteiger partial charge on any atom is 0.329 e. The fourth-order valence-corrected chi connectivity index (χ4v) is 2.68. The average Bonchev–Trinajstić information content (AvgIpc) is 3.07. The second-order valence-corrected chi connectivity index (χ2v) is 5.36. The van der Waals surface area contributed by atoms with Crippen LogP contribution < -0.4 is 5.69 Å². The molecule has 0 spiro atoms. The van der Waals surface area contributed by atoms with Crippen molar-refractivity contribution in [3.05, 3.63) is 46.5 Å². The average molecular weight is 300 g/mol. The van der Waals surface area contributed by atoms with Crippen molar-refractivity contribution in [1.82, 2.24) is 19.3 Å². The molecule has 2 heterocycles. The molecule has 0 unspecified atom stereocenters. The normalized spacial score (nSPS) is 11.4. The number of hydrogen-bond donors (Lipinski definition) is 0. The topological polar surface area (TPSA) is 65.8 Å². The van der Waals surface area contributed by atoms with Gasteiger partial charge in [-0.2, -0.15) is 4.98 Å². The van der Waals surface area contributed by atoms with Crippen LogP contribution in [0.2, 0.25) is 0 Å². The Balaban J connectivity index is 2.02. The summed E-state index contributed by atoms with van der Waals surface area (Å²) in [6.45, 7) is 5.15. The molecular formula is C16H20N4O2. The molecule has 22 heavy (non-hydrogen) atoms. The summed E-state index contributed by atoms with van der Waals surface area (Å²) in [5, 5.41) is 3.95. The van der Waals surface area contributed by atoms with E-state index in [9.17, 15) is 4.79 Å². The lowest BCUT2D eigenvalue weighted by atomic mass is 10.3. The van der Waals surface area contributed by atoms with Gasteiger partial charge in [0.05, 0.1) is 11.0 Å². The van der Waals surface area contributed by atoms with Crippen molar-refractivity contribution in [3.8, 4) is 0 Å². The SMILES string of the molecule is CCCc1noc(Cn2c(=O)n(CCC)c3ccccc32)n1. The van der Waals surface area contributed by atoms with Crippen molar-refractivity contribution >= 4 is 11.0 Å². The molecule has 0 fully saturated rings. The molecule has 0 N–H and O–H groups in total. The van der Waals surface area contributed by atoms with Crippen LogP contribution in [0.25, 0.3) is 11.0 Å². The molecule has 6 heteroatoms. The van der Waals surface area contributed by atoms with Crippen molar-refractivity contribution < 1.29 is 4.52 Å². The zero-order chi connectivity index (χ0) is 15.5. The van der Waals surface area contributed by atoms with E-state index in [1.807, 2.05) is 24.3 Å². The lowest BCUT2D eigenvalue weighted by molar-refractivity contribution is 0.365. The number of fused-ring (bicyclic) bond motifs is 1. The molecule has 3 rings (SSSR count). The fraction of sp³-hybridized carbons (Fsp3) is 0.438. The van der Waals surface area contributed by atoms with E-state index in [1.165, 1.54) is 0 Å². The molecule has 0 aliphatic rings. The van der Waals surface area contributed by atoms with E-state index in [1.54, 1.807) is 9.13 Å². The van der Waals surface area contributed by atoms with E-state index in [0.29, 0.717) is 24.8 Å². The predicted molar refractivity (Wildman–Crippen MR) is 83.9 cm³/mol. The lowest BCUT2D eigenvalue weighted by Gasteiger charge is -1.98. The molecule has 0 bridgehead atoms. The van der Waals surface area contributed by atoms with Gasteiger partial charge in [0.15, 0.2) is 5.82 Å². The van der Waals surface area contributed by atoms with Gasteiger partial charge < -0.3 is 4.52 Å². The van der Waals surface area contributed by atoms with Crippen LogP contribution in [0.3, 0.4) is 0 Å². The largest absolute Gasteiger partial charge is 0.337 e. The Morgan fingerprint density at radius 3 is 2.50 bits per heavy atom. The van der Waals surface area contributed by atoms with E-state index < -0.39 is 0 Å². The summed E-state index contributed by atoms with van der Waals surface area (Å²) in [4.78, 5) is 17.0. The van der Waals surface area contributed by atoms with Crippen LogP contribution in [0.5, 0.6) is 0 Å². The number of rotatable bonds is 6. The van der Waals surface area contributed by atoms with Gasteiger partial charge in [0.25, 0.3) is 0 Å². The van der Waals surface area contributed by atoms with Gasteiger partial charge >= 0.3 is 5.69 Å². The van der Waals surface area contributed by atoms with Gasteiger partial charge in [0.1, 0.15) is 6.54 Å². The smallest absolute Gasteiger partial charge is 0.329 e. The number of aryl methyl sites for hydroxylation is 2. The molecule has 0 aliphatic carbocycles. The minimum absolute atomic E-state index is 0.0294. The molecule has 0 aliphatic heterocycles. The van der Waals surface area contributed by atoms with Crippen molar-refractivity contribution in [2.75, 3.05) is 0 Å². The van der Waals surface area contributed by atoms with E-state index in [4.69, 9.17) is 4.52 Å². The highest BCUT2D eigenvalue weighted by molar-refractivity contribution is 5.76. The summed E-state index contributed by atoms with van der Waals surface area (Å²) in [6, 6.07) is 7.81. The minimum Gasteiger partial charge on any atom is -0.337 e. The summed E-state index contributed by atoms with van der Waals surface area (Å²) < 4.78 is 8.77. The van der Waals surface area contributed by atoms with Crippen LogP contribution in [0.1, 0.15) is 38.4 Å². The van der Waals surface area contributed by atoms with Crippen LogP contribution in [-0.2, 0) is 19.5 Å².